The van der Waals surface area contributed by atoms with Gasteiger partial charge in [0.25, 0.3) is 0 Å². The van der Waals surface area contributed by atoms with Crippen LogP contribution in [0, 0.1) is 62.7 Å². The standard InChI is InChI=1S/C38H62N2.2CH3.Hf/c1-5-15-29-19-12-20-30(16-6-2)37(29)40-38(34-23-11-10-21-31(34)27(4)7-3)36-26-14-25-35(39-36)33-24-13-18-28-17-8-9-22-32(28)33;;;/h14,24-34,37-38H,5-13,15-23H2,1-4H3;2*1H3;/q-2;2*-1;. The van der Waals surface area contributed by atoms with Crippen molar-refractivity contribution in [3.8, 4) is 0 Å². The van der Waals surface area contributed by atoms with E-state index in [2.05, 4.69) is 52.3 Å². The molecule has 5 rings (SSSR count). The minimum absolute atomic E-state index is 0. The van der Waals surface area contributed by atoms with Crippen molar-refractivity contribution in [3.63, 3.8) is 0 Å². The second kappa shape index (κ2) is 19.6. The van der Waals surface area contributed by atoms with E-state index in [1.54, 1.807) is 0 Å². The molecule has 0 saturated heterocycles. The molecular formula is C40H68HfN2-4. The van der Waals surface area contributed by atoms with Crippen molar-refractivity contribution in [2.45, 2.75) is 161 Å². The van der Waals surface area contributed by atoms with Gasteiger partial charge in [-0.15, -0.1) is 12.0 Å². The molecule has 1 aromatic heterocycles. The van der Waals surface area contributed by atoms with E-state index in [1.165, 1.54) is 127 Å². The predicted molar refractivity (Wildman–Crippen MR) is 184 cm³/mol. The molecule has 2 nitrogen and oxygen atoms in total. The predicted octanol–water partition coefficient (Wildman–Crippen LogP) is 12.5. The van der Waals surface area contributed by atoms with Crippen LogP contribution in [-0.2, 0) is 25.8 Å². The van der Waals surface area contributed by atoms with E-state index >= 15 is 0 Å². The normalized spacial score (nSPS) is 34.0. The van der Waals surface area contributed by atoms with Crippen LogP contribution in [0.4, 0.5) is 0 Å². The van der Waals surface area contributed by atoms with Gasteiger partial charge in [-0.3, -0.25) is 4.98 Å². The summed E-state index contributed by atoms with van der Waals surface area (Å²) in [5.74, 6) is 6.11. The van der Waals surface area contributed by atoms with Gasteiger partial charge in [-0.25, -0.2) is 0 Å². The molecule has 43 heavy (non-hydrogen) atoms. The van der Waals surface area contributed by atoms with Gasteiger partial charge in [-0.2, -0.15) is 6.42 Å². The number of nitrogens with zero attached hydrogens (tertiary/aromatic N) is 2. The summed E-state index contributed by atoms with van der Waals surface area (Å²) in [6.07, 6.45) is 27.4. The number of rotatable bonds is 11. The Bertz CT molecular complexity index is 867. The summed E-state index contributed by atoms with van der Waals surface area (Å²) in [6.45, 7) is 9.73. The fourth-order valence-electron chi connectivity index (χ4n) is 10.1. The van der Waals surface area contributed by atoms with E-state index in [4.69, 9.17) is 10.3 Å². The SMILES string of the molecule is CCCC1CCCC(CCC)C1[N-]C(c1cccc(C2[CH-]CCC3CCCCC32)n1)C1CCCCC1C(C)CC.[CH3-].[CH3-].[Hf]. The number of pyridine rings is 1. The molecule has 0 N–H and O–H groups in total. The second-order valence-corrected chi connectivity index (χ2v) is 14.6. The largest absolute Gasteiger partial charge is 0.651 e. The Morgan fingerprint density at radius 1 is 0.814 bits per heavy atom. The molecule has 0 amide bonds. The summed E-state index contributed by atoms with van der Waals surface area (Å²) < 4.78 is 0. The summed E-state index contributed by atoms with van der Waals surface area (Å²) in [5.41, 5.74) is 2.71. The molecule has 4 saturated carbocycles. The number of hydrogen-bond acceptors (Lipinski definition) is 1. The van der Waals surface area contributed by atoms with Crippen molar-refractivity contribution in [1.82, 2.24) is 4.98 Å². The van der Waals surface area contributed by atoms with Gasteiger partial charge in [-0.05, 0) is 42.2 Å². The Kier molecular flexibility index (Phi) is 17.8. The monoisotopic (exact) mass is 756 g/mol. The molecule has 1 heterocycles. The van der Waals surface area contributed by atoms with Gasteiger partial charge in [0.05, 0.1) is 0 Å². The van der Waals surface area contributed by atoms with Crippen LogP contribution in [0.3, 0.4) is 0 Å². The summed E-state index contributed by atoms with van der Waals surface area (Å²) in [5, 5.41) is 6.09. The first-order chi connectivity index (χ1) is 19.6. The zero-order valence-corrected chi connectivity index (χ0v) is 32.8. The molecule has 0 aliphatic heterocycles. The Morgan fingerprint density at radius 2 is 1.47 bits per heavy atom. The van der Waals surface area contributed by atoms with Gasteiger partial charge in [0, 0.05) is 37.2 Å². The molecule has 4 aliphatic carbocycles. The van der Waals surface area contributed by atoms with Crippen molar-refractivity contribution in [2.75, 3.05) is 0 Å². The van der Waals surface area contributed by atoms with E-state index < -0.39 is 0 Å². The topological polar surface area (TPSA) is 27.0 Å². The first kappa shape index (κ1) is 39.2. The Hall–Kier alpha value is -0.0199. The fourth-order valence-corrected chi connectivity index (χ4v) is 10.1. The van der Waals surface area contributed by atoms with Crippen LogP contribution >= 0.6 is 0 Å². The van der Waals surface area contributed by atoms with Crippen LogP contribution in [0.2, 0.25) is 0 Å². The van der Waals surface area contributed by atoms with Crippen molar-refractivity contribution < 1.29 is 25.8 Å². The Balaban J connectivity index is 0.00000215. The molecule has 4 fully saturated rings. The van der Waals surface area contributed by atoms with Crippen LogP contribution in [0.5, 0.6) is 0 Å². The summed E-state index contributed by atoms with van der Waals surface area (Å²) in [7, 11) is 0. The van der Waals surface area contributed by atoms with Crippen LogP contribution < -0.4 is 0 Å². The van der Waals surface area contributed by atoms with Crippen LogP contribution in [0.25, 0.3) is 5.32 Å². The summed E-state index contributed by atoms with van der Waals surface area (Å²) in [6, 6.07) is 7.97. The van der Waals surface area contributed by atoms with Gasteiger partial charge in [0.2, 0.25) is 0 Å². The van der Waals surface area contributed by atoms with Gasteiger partial charge in [-0.1, -0.05) is 160 Å². The average Bonchev–Trinajstić information content (AvgIpc) is 3.00. The second-order valence-electron chi connectivity index (χ2n) is 14.6. The maximum Gasteiger partial charge on any atom is 0.0234 e. The number of hydrogen-bond donors (Lipinski definition) is 0. The average molecular weight is 755 g/mol. The summed E-state index contributed by atoms with van der Waals surface area (Å²) in [4.78, 5) is 5.67. The third-order valence-electron chi connectivity index (χ3n) is 12.2. The molecule has 9 atom stereocenters. The zero-order chi connectivity index (χ0) is 27.9. The maximum atomic E-state index is 6.09. The molecule has 9 unspecified atom stereocenters. The fraction of sp³-hybridized carbons (Fsp3) is 0.800. The number of aromatic nitrogens is 1. The molecule has 246 valence electrons. The van der Waals surface area contributed by atoms with Gasteiger partial charge < -0.3 is 26.6 Å². The smallest absolute Gasteiger partial charge is 0.0234 e. The molecule has 1 aromatic rings. The minimum atomic E-state index is 0. The first-order valence-electron chi connectivity index (χ1n) is 18.1. The van der Waals surface area contributed by atoms with Crippen molar-refractivity contribution >= 4 is 0 Å². The molecule has 0 aromatic carbocycles. The van der Waals surface area contributed by atoms with E-state index in [0.717, 1.165) is 35.5 Å². The first-order valence-corrected chi connectivity index (χ1v) is 18.1. The molecule has 3 heteroatoms. The van der Waals surface area contributed by atoms with E-state index in [1.807, 2.05) is 0 Å². The Labute approximate surface area is 288 Å². The van der Waals surface area contributed by atoms with Gasteiger partial charge in [0.1, 0.15) is 0 Å². The third kappa shape index (κ3) is 9.51. The van der Waals surface area contributed by atoms with Crippen molar-refractivity contribution in [2.24, 2.45) is 41.4 Å². The van der Waals surface area contributed by atoms with Crippen LogP contribution in [0.1, 0.15) is 167 Å². The summed E-state index contributed by atoms with van der Waals surface area (Å²) >= 11 is 0. The minimum Gasteiger partial charge on any atom is -0.651 e. The van der Waals surface area contributed by atoms with E-state index in [0.29, 0.717) is 17.9 Å². The van der Waals surface area contributed by atoms with Crippen molar-refractivity contribution in [3.05, 3.63) is 56.2 Å². The quantitative estimate of drug-likeness (QED) is 0.163. The zero-order valence-electron chi connectivity index (χ0n) is 29.2. The molecule has 0 bridgehead atoms. The van der Waals surface area contributed by atoms with Crippen molar-refractivity contribution in [1.29, 1.82) is 0 Å². The maximum absolute atomic E-state index is 6.09. The number of fused-ring (bicyclic) bond motifs is 1. The molecular weight excluding hydrogens is 687 g/mol. The molecule has 4 aliphatic rings. The third-order valence-corrected chi connectivity index (χ3v) is 12.2. The van der Waals surface area contributed by atoms with Gasteiger partial charge >= 0.3 is 0 Å². The van der Waals surface area contributed by atoms with Crippen LogP contribution in [0.15, 0.2) is 18.2 Å². The van der Waals surface area contributed by atoms with Gasteiger partial charge in [0.15, 0.2) is 0 Å². The molecule has 0 radical (unpaired) electrons. The Morgan fingerprint density at radius 3 is 2.14 bits per heavy atom. The van der Waals surface area contributed by atoms with Crippen LogP contribution in [-0.4, -0.2) is 11.0 Å². The van der Waals surface area contributed by atoms with E-state index in [-0.39, 0.29) is 46.7 Å². The molecule has 0 spiro atoms. The van der Waals surface area contributed by atoms with E-state index in [9.17, 15) is 0 Å².